The highest BCUT2D eigenvalue weighted by Gasteiger charge is 2.32. The number of thiocarbonyl (C=S) groups is 1. The molecule has 3 rings (SSSR count). The van der Waals surface area contributed by atoms with Crippen molar-refractivity contribution in [3.05, 3.63) is 44.7 Å². The van der Waals surface area contributed by atoms with Gasteiger partial charge in [-0.2, -0.15) is 0 Å². The van der Waals surface area contributed by atoms with Crippen LogP contribution in [0.5, 0.6) is 0 Å². The molecule has 0 aliphatic carbocycles. The van der Waals surface area contributed by atoms with Crippen LogP contribution in [0.25, 0.3) is 11.7 Å². The number of nitrogens with zero attached hydrogens (tertiary/aromatic N) is 3. The molecule has 1 saturated heterocycles. The summed E-state index contributed by atoms with van der Waals surface area (Å²) >= 11 is 6.57. The van der Waals surface area contributed by atoms with Crippen molar-refractivity contribution in [2.24, 2.45) is 0 Å². The monoisotopic (exact) mass is 432 g/mol. The van der Waals surface area contributed by atoms with Crippen molar-refractivity contribution < 1.29 is 9.53 Å². The van der Waals surface area contributed by atoms with E-state index in [-0.39, 0.29) is 11.5 Å². The third-order valence-corrected chi connectivity index (χ3v) is 5.80. The second kappa shape index (κ2) is 9.51. The molecule has 9 heteroatoms. The second-order valence-corrected chi connectivity index (χ2v) is 8.40. The van der Waals surface area contributed by atoms with Crippen LogP contribution in [0.15, 0.2) is 28.0 Å². The van der Waals surface area contributed by atoms with Crippen LogP contribution in [-0.4, -0.2) is 51.3 Å². The molecule has 7 nitrogen and oxygen atoms in total. The van der Waals surface area contributed by atoms with E-state index in [1.165, 1.54) is 16.2 Å². The number of hydrogen-bond donors (Lipinski definition) is 1. The molecule has 0 unspecified atom stereocenters. The van der Waals surface area contributed by atoms with Gasteiger partial charge in [-0.1, -0.05) is 37.0 Å². The van der Waals surface area contributed by atoms with Gasteiger partial charge in [0.05, 0.1) is 10.5 Å². The number of thioether (sulfide) groups is 1. The molecular formula is C20H24N4O3S2. The Balaban J connectivity index is 2.03. The summed E-state index contributed by atoms with van der Waals surface area (Å²) in [6.45, 7) is 5.67. The topological polar surface area (TPSA) is 75.9 Å². The van der Waals surface area contributed by atoms with Crippen molar-refractivity contribution in [2.45, 2.75) is 26.7 Å². The van der Waals surface area contributed by atoms with Gasteiger partial charge in [0, 0.05) is 33.0 Å². The number of amides is 1. The first-order valence-corrected chi connectivity index (χ1v) is 10.7. The maximum atomic E-state index is 13.2. The first-order valence-electron chi connectivity index (χ1n) is 9.47. The van der Waals surface area contributed by atoms with Gasteiger partial charge in [0.1, 0.15) is 15.8 Å². The number of carbonyl (C=O) groups is 1. The molecule has 1 aliphatic heterocycles. The Labute approximate surface area is 179 Å². The molecule has 0 bridgehead atoms. The molecule has 1 aliphatic rings. The maximum absolute atomic E-state index is 13.2. The summed E-state index contributed by atoms with van der Waals surface area (Å²) in [6.07, 6.45) is 4.94. The lowest BCUT2D eigenvalue weighted by molar-refractivity contribution is -0.122. The molecule has 154 valence electrons. The van der Waals surface area contributed by atoms with Gasteiger partial charge < -0.3 is 10.1 Å². The van der Waals surface area contributed by atoms with E-state index in [1.54, 1.807) is 24.3 Å². The minimum Gasteiger partial charge on any atom is -0.385 e. The first kappa shape index (κ1) is 21.5. The van der Waals surface area contributed by atoms with Crippen LogP contribution < -0.4 is 10.9 Å². The molecular weight excluding hydrogens is 408 g/mol. The predicted octanol–water partition coefficient (Wildman–Crippen LogP) is 3.06. The van der Waals surface area contributed by atoms with Gasteiger partial charge in [-0.3, -0.25) is 18.9 Å². The van der Waals surface area contributed by atoms with Gasteiger partial charge in [0.2, 0.25) is 0 Å². The Bertz CT molecular complexity index is 1030. The Kier molecular flexibility index (Phi) is 7.05. The Morgan fingerprint density at radius 3 is 2.86 bits per heavy atom. The summed E-state index contributed by atoms with van der Waals surface area (Å²) in [5, 5.41) is 3.21. The lowest BCUT2D eigenvalue weighted by Crippen LogP contribution is -2.29. The van der Waals surface area contributed by atoms with Crippen LogP contribution in [0.3, 0.4) is 0 Å². The Morgan fingerprint density at radius 2 is 2.14 bits per heavy atom. The summed E-state index contributed by atoms with van der Waals surface area (Å²) in [5.41, 5.74) is 1.65. The van der Waals surface area contributed by atoms with E-state index in [0.29, 0.717) is 52.4 Å². The number of hydrogen-bond acceptors (Lipinski definition) is 7. The van der Waals surface area contributed by atoms with Gasteiger partial charge >= 0.3 is 0 Å². The van der Waals surface area contributed by atoms with Crippen LogP contribution in [0.1, 0.15) is 30.9 Å². The highest BCUT2D eigenvalue weighted by molar-refractivity contribution is 8.26. The van der Waals surface area contributed by atoms with E-state index in [2.05, 4.69) is 10.3 Å². The molecule has 0 aromatic carbocycles. The van der Waals surface area contributed by atoms with Crippen LogP contribution in [0.2, 0.25) is 0 Å². The molecule has 2 aromatic heterocycles. The number of nitrogens with one attached hydrogen (secondary N) is 1. The zero-order chi connectivity index (χ0) is 21.0. The molecule has 0 radical (unpaired) electrons. The van der Waals surface area contributed by atoms with Crippen molar-refractivity contribution >= 4 is 51.7 Å². The summed E-state index contributed by atoms with van der Waals surface area (Å²) < 4.78 is 7.05. The van der Waals surface area contributed by atoms with E-state index in [0.717, 1.165) is 12.0 Å². The normalized spacial score (nSPS) is 15.7. The van der Waals surface area contributed by atoms with Crippen LogP contribution >= 0.6 is 24.0 Å². The number of aromatic nitrogens is 2. The quantitative estimate of drug-likeness (QED) is 0.390. The average molecular weight is 433 g/mol. The van der Waals surface area contributed by atoms with Gasteiger partial charge in [-0.05, 0) is 37.5 Å². The van der Waals surface area contributed by atoms with Gasteiger partial charge in [-0.15, -0.1) is 0 Å². The highest BCUT2D eigenvalue weighted by Crippen LogP contribution is 2.33. The van der Waals surface area contributed by atoms with E-state index >= 15 is 0 Å². The average Bonchev–Trinajstić information content (AvgIpc) is 2.97. The van der Waals surface area contributed by atoms with E-state index in [9.17, 15) is 9.59 Å². The number of anilines is 1. The first-order chi connectivity index (χ1) is 14.0. The highest BCUT2D eigenvalue weighted by atomic mass is 32.2. The van der Waals surface area contributed by atoms with Gasteiger partial charge in [0.25, 0.3) is 11.5 Å². The lowest BCUT2D eigenvalue weighted by Gasteiger charge is -2.13. The number of fused-ring (bicyclic) bond motifs is 1. The lowest BCUT2D eigenvalue weighted by atomic mass is 10.2. The van der Waals surface area contributed by atoms with E-state index in [4.69, 9.17) is 17.0 Å². The Morgan fingerprint density at radius 1 is 1.34 bits per heavy atom. The van der Waals surface area contributed by atoms with Crippen LogP contribution in [0, 0.1) is 6.92 Å². The molecule has 1 amide bonds. The number of aryl methyl sites for hydroxylation is 1. The molecule has 0 saturated carbocycles. The van der Waals surface area contributed by atoms with Crippen molar-refractivity contribution in [3.63, 3.8) is 0 Å². The van der Waals surface area contributed by atoms with Gasteiger partial charge in [0.15, 0.2) is 0 Å². The van der Waals surface area contributed by atoms with Crippen molar-refractivity contribution in [1.82, 2.24) is 14.3 Å². The fourth-order valence-corrected chi connectivity index (χ4v) is 4.25. The van der Waals surface area contributed by atoms with Crippen molar-refractivity contribution in [2.75, 3.05) is 32.1 Å². The molecule has 1 N–H and O–H groups in total. The Hall–Kier alpha value is -2.23. The smallest absolute Gasteiger partial charge is 0.267 e. The summed E-state index contributed by atoms with van der Waals surface area (Å²) in [4.78, 5) is 32.6. The maximum Gasteiger partial charge on any atom is 0.267 e. The number of rotatable bonds is 8. The second-order valence-electron chi connectivity index (χ2n) is 6.72. The zero-order valence-corrected chi connectivity index (χ0v) is 18.4. The van der Waals surface area contributed by atoms with E-state index in [1.807, 2.05) is 26.0 Å². The number of methoxy groups -OCH3 is 1. The number of carbonyl (C=O) groups excluding carboxylic acids is 1. The molecule has 0 atom stereocenters. The molecule has 0 spiro atoms. The van der Waals surface area contributed by atoms with Crippen LogP contribution in [0.4, 0.5) is 5.82 Å². The van der Waals surface area contributed by atoms with Crippen molar-refractivity contribution in [1.29, 1.82) is 0 Å². The third-order valence-electron chi connectivity index (χ3n) is 4.43. The SMILES string of the molecule is CCCNc1nc2ccc(C)cn2c(=O)c1C=C1SC(=S)N(CCCOC)C1=O. The van der Waals surface area contributed by atoms with Crippen LogP contribution in [-0.2, 0) is 9.53 Å². The third kappa shape index (κ3) is 4.68. The molecule has 2 aromatic rings. The summed E-state index contributed by atoms with van der Waals surface area (Å²) in [7, 11) is 1.62. The fourth-order valence-electron chi connectivity index (χ4n) is 2.96. The summed E-state index contributed by atoms with van der Waals surface area (Å²) in [5.74, 6) is 0.289. The van der Waals surface area contributed by atoms with Crippen molar-refractivity contribution in [3.8, 4) is 0 Å². The number of ether oxygens (including phenoxy) is 1. The minimum absolute atomic E-state index is 0.189. The largest absolute Gasteiger partial charge is 0.385 e. The fraction of sp³-hybridized carbons (Fsp3) is 0.400. The molecule has 3 heterocycles. The molecule has 29 heavy (non-hydrogen) atoms. The minimum atomic E-state index is -0.220. The van der Waals surface area contributed by atoms with Gasteiger partial charge in [-0.25, -0.2) is 4.98 Å². The zero-order valence-electron chi connectivity index (χ0n) is 16.7. The standard InChI is InChI=1S/C20H24N4O3S2/c1-4-8-21-17-14(18(25)24-12-13(2)6-7-16(24)22-17)11-15-19(26)23(20(28)29-15)9-5-10-27-3/h6-7,11-12,21H,4-5,8-10H2,1-3H3. The summed E-state index contributed by atoms with van der Waals surface area (Å²) in [6, 6.07) is 3.73. The predicted molar refractivity (Wildman–Crippen MR) is 121 cm³/mol. The molecule has 1 fully saturated rings. The number of pyridine rings is 1. The van der Waals surface area contributed by atoms with E-state index < -0.39 is 0 Å².